The normalized spacial score (nSPS) is 20.6. The Labute approximate surface area is 168 Å². The monoisotopic (exact) mass is 406 g/mol. The van der Waals surface area contributed by atoms with Gasteiger partial charge in [0.05, 0.1) is 17.2 Å². The minimum absolute atomic E-state index is 0.234. The van der Waals surface area contributed by atoms with Gasteiger partial charge in [0.25, 0.3) is 5.56 Å². The Hall–Kier alpha value is -2.52. The zero-order chi connectivity index (χ0) is 21.2. The van der Waals surface area contributed by atoms with Crippen LogP contribution in [0.1, 0.15) is 27.2 Å². The number of piperidine rings is 1. The summed E-state index contributed by atoms with van der Waals surface area (Å²) in [5.74, 6) is -0.501. The molecule has 2 atom stereocenters. The van der Waals surface area contributed by atoms with Gasteiger partial charge in [0.15, 0.2) is 0 Å². The van der Waals surface area contributed by atoms with Crippen LogP contribution in [0.25, 0.3) is 11.0 Å². The van der Waals surface area contributed by atoms with Crippen molar-refractivity contribution in [1.29, 1.82) is 0 Å². The van der Waals surface area contributed by atoms with E-state index in [1.165, 1.54) is 16.7 Å². The van der Waals surface area contributed by atoms with Crippen LogP contribution in [0.15, 0.2) is 29.2 Å². The second kappa shape index (κ2) is 8.46. The maximum absolute atomic E-state index is 13.6. The van der Waals surface area contributed by atoms with Crippen LogP contribution in [0.3, 0.4) is 0 Å². The fourth-order valence-corrected chi connectivity index (χ4v) is 3.40. The molecule has 0 aliphatic carbocycles. The Bertz CT molecular complexity index is 940. The number of likely N-dealkylation sites (tertiary alicyclic amines) is 1. The first-order chi connectivity index (χ1) is 13.6. The molecule has 1 amide bonds. The summed E-state index contributed by atoms with van der Waals surface area (Å²) in [4.78, 5) is 30.2. The van der Waals surface area contributed by atoms with Crippen molar-refractivity contribution in [2.75, 3.05) is 19.6 Å². The summed E-state index contributed by atoms with van der Waals surface area (Å²) in [6, 6.07) is 4.28. The molecule has 0 unspecified atom stereocenters. The topological polar surface area (TPSA) is 96.7 Å². The molecule has 3 heterocycles. The first-order valence-electron chi connectivity index (χ1n) is 9.67. The minimum Gasteiger partial charge on any atom is -0.443 e. The van der Waals surface area contributed by atoms with Crippen LogP contribution < -0.4 is 10.9 Å². The van der Waals surface area contributed by atoms with Crippen molar-refractivity contribution >= 4 is 17.1 Å². The second-order valence-corrected chi connectivity index (χ2v) is 8.36. The number of aliphatic hydroxyl groups excluding tert-OH is 1. The molecule has 29 heavy (non-hydrogen) atoms. The van der Waals surface area contributed by atoms with E-state index in [-0.39, 0.29) is 5.56 Å². The SMILES string of the molecule is CC(C)(C)NC(=O)O[C@@H]1CCN(CCn2c(=O)ccc3ncc(F)cc32)C[C@@H]1O. The van der Waals surface area contributed by atoms with E-state index >= 15 is 0 Å². The van der Waals surface area contributed by atoms with Crippen molar-refractivity contribution in [3.63, 3.8) is 0 Å². The third-order valence-electron chi connectivity index (χ3n) is 4.78. The number of nitrogens with zero attached hydrogens (tertiary/aromatic N) is 3. The Morgan fingerprint density at radius 2 is 2.14 bits per heavy atom. The van der Waals surface area contributed by atoms with Crippen molar-refractivity contribution < 1.29 is 19.0 Å². The highest BCUT2D eigenvalue weighted by Gasteiger charge is 2.31. The predicted molar refractivity (Wildman–Crippen MR) is 106 cm³/mol. The molecule has 2 aromatic heterocycles. The van der Waals surface area contributed by atoms with E-state index in [1.807, 2.05) is 25.7 Å². The molecule has 0 aromatic carbocycles. The van der Waals surface area contributed by atoms with Gasteiger partial charge in [0.2, 0.25) is 0 Å². The zero-order valence-electron chi connectivity index (χ0n) is 16.9. The van der Waals surface area contributed by atoms with Gasteiger partial charge in [-0.1, -0.05) is 0 Å². The van der Waals surface area contributed by atoms with Crippen molar-refractivity contribution in [2.24, 2.45) is 0 Å². The van der Waals surface area contributed by atoms with Crippen LogP contribution in [0.2, 0.25) is 0 Å². The first kappa shape index (κ1) is 21.2. The lowest BCUT2D eigenvalue weighted by Gasteiger charge is -2.36. The molecule has 1 fully saturated rings. The number of hydrogen-bond acceptors (Lipinski definition) is 6. The van der Waals surface area contributed by atoms with Gasteiger partial charge in [-0.15, -0.1) is 0 Å². The Morgan fingerprint density at radius 3 is 2.83 bits per heavy atom. The molecule has 158 valence electrons. The van der Waals surface area contributed by atoms with Crippen molar-refractivity contribution in [3.8, 4) is 0 Å². The minimum atomic E-state index is -0.821. The summed E-state index contributed by atoms with van der Waals surface area (Å²) >= 11 is 0. The van der Waals surface area contributed by atoms with Crippen molar-refractivity contribution in [3.05, 3.63) is 40.6 Å². The quantitative estimate of drug-likeness (QED) is 0.799. The summed E-state index contributed by atoms with van der Waals surface area (Å²) in [7, 11) is 0. The molecule has 0 bridgehead atoms. The number of nitrogens with one attached hydrogen (secondary N) is 1. The van der Waals surface area contributed by atoms with Crippen LogP contribution in [0, 0.1) is 5.82 Å². The largest absolute Gasteiger partial charge is 0.443 e. The third-order valence-corrected chi connectivity index (χ3v) is 4.78. The molecule has 8 nitrogen and oxygen atoms in total. The molecular formula is C20H27FN4O4. The Balaban J connectivity index is 1.59. The zero-order valence-corrected chi connectivity index (χ0v) is 16.9. The summed E-state index contributed by atoms with van der Waals surface area (Å²) in [5, 5.41) is 13.1. The van der Waals surface area contributed by atoms with Gasteiger partial charge in [-0.05, 0) is 33.3 Å². The van der Waals surface area contributed by atoms with Gasteiger partial charge in [-0.25, -0.2) is 9.18 Å². The summed E-state index contributed by atoms with van der Waals surface area (Å²) in [6.07, 6.45) is -0.343. The van der Waals surface area contributed by atoms with Crippen LogP contribution in [0.5, 0.6) is 0 Å². The summed E-state index contributed by atoms with van der Waals surface area (Å²) in [6.45, 7) is 7.31. The van der Waals surface area contributed by atoms with E-state index < -0.39 is 29.7 Å². The molecule has 1 aliphatic rings. The standard InChI is InChI=1S/C20H27FN4O4/c1-20(2,3)23-19(28)29-17-6-7-24(12-16(17)26)8-9-25-15-10-13(21)11-22-14(15)4-5-18(25)27/h4-5,10-11,16-17,26H,6-9,12H2,1-3H3,(H,23,28)/t16-,17+/m0/s1. The van der Waals surface area contributed by atoms with E-state index in [0.717, 1.165) is 6.20 Å². The fraction of sp³-hybridized carbons (Fsp3) is 0.550. The molecule has 2 aromatic rings. The third kappa shape index (κ3) is 5.51. The second-order valence-electron chi connectivity index (χ2n) is 8.36. The average Bonchev–Trinajstić information content (AvgIpc) is 2.61. The number of aliphatic hydroxyl groups is 1. The number of amides is 1. The predicted octanol–water partition coefficient (Wildman–Crippen LogP) is 1.50. The number of hydrogen-bond donors (Lipinski definition) is 2. The van der Waals surface area contributed by atoms with E-state index in [2.05, 4.69) is 10.3 Å². The summed E-state index contributed by atoms with van der Waals surface area (Å²) in [5.41, 5.74) is 0.337. The maximum atomic E-state index is 13.6. The molecule has 1 saturated heterocycles. The van der Waals surface area contributed by atoms with Crippen molar-refractivity contribution in [1.82, 2.24) is 19.8 Å². The first-order valence-corrected chi connectivity index (χ1v) is 9.67. The number of rotatable bonds is 4. The lowest BCUT2D eigenvalue weighted by atomic mass is 10.0. The average molecular weight is 406 g/mol. The maximum Gasteiger partial charge on any atom is 0.407 e. The number of alkyl carbamates (subject to hydrolysis) is 1. The van der Waals surface area contributed by atoms with Crippen LogP contribution in [-0.4, -0.2) is 63.0 Å². The molecule has 0 spiro atoms. The highest BCUT2D eigenvalue weighted by Crippen LogP contribution is 2.16. The van der Waals surface area contributed by atoms with Gasteiger partial charge < -0.3 is 19.7 Å². The van der Waals surface area contributed by atoms with Gasteiger partial charge in [0.1, 0.15) is 18.0 Å². The number of halogens is 1. The van der Waals surface area contributed by atoms with E-state index in [4.69, 9.17) is 4.74 Å². The number of aromatic nitrogens is 2. The van der Waals surface area contributed by atoms with Crippen LogP contribution in [0.4, 0.5) is 9.18 Å². The summed E-state index contributed by atoms with van der Waals surface area (Å²) < 4.78 is 20.4. The molecule has 9 heteroatoms. The highest BCUT2D eigenvalue weighted by atomic mass is 19.1. The number of β-amino-alcohol motifs (C(OH)–C–C–N with tert-alkyl or cyclic N) is 1. The van der Waals surface area contributed by atoms with E-state index in [0.29, 0.717) is 43.6 Å². The molecule has 0 saturated carbocycles. The van der Waals surface area contributed by atoms with Crippen LogP contribution in [-0.2, 0) is 11.3 Å². The van der Waals surface area contributed by atoms with E-state index in [1.54, 1.807) is 6.07 Å². The van der Waals surface area contributed by atoms with Gasteiger partial charge in [-0.3, -0.25) is 14.7 Å². The number of ether oxygens (including phenoxy) is 1. The number of carbonyl (C=O) groups excluding carboxylic acids is 1. The molecule has 3 rings (SSSR count). The van der Waals surface area contributed by atoms with E-state index in [9.17, 15) is 19.1 Å². The smallest absolute Gasteiger partial charge is 0.407 e. The molecule has 0 radical (unpaired) electrons. The Kier molecular flexibility index (Phi) is 6.18. The highest BCUT2D eigenvalue weighted by molar-refractivity contribution is 5.74. The fourth-order valence-electron chi connectivity index (χ4n) is 3.40. The van der Waals surface area contributed by atoms with Gasteiger partial charge >= 0.3 is 6.09 Å². The molecule has 1 aliphatic heterocycles. The lowest BCUT2D eigenvalue weighted by molar-refractivity contribution is -0.0479. The molecular weight excluding hydrogens is 379 g/mol. The number of carbonyl (C=O) groups is 1. The number of pyridine rings is 2. The lowest BCUT2D eigenvalue weighted by Crippen LogP contribution is -2.51. The van der Waals surface area contributed by atoms with Crippen molar-refractivity contribution in [2.45, 2.75) is 51.5 Å². The van der Waals surface area contributed by atoms with Crippen LogP contribution >= 0.6 is 0 Å². The van der Waals surface area contributed by atoms with Gasteiger partial charge in [-0.2, -0.15) is 0 Å². The van der Waals surface area contributed by atoms with Gasteiger partial charge in [0, 0.05) is 43.9 Å². The molecule has 2 N–H and O–H groups in total. The number of fused-ring (bicyclic) bond motifs is 1. The Morgan fingerprint density at radius 1 is 1.38 bits per heavy atom.